The summed E-state index contributed by atoms with van der Waals surface area (Å²) in [5.74, 6) is -0.247. The van der Waals surface area contributed by atoms with Gasteiger partial charge < -0.3 is 15.2 Å². The molecule has 2 heterocycles. The number of amides is 1. The van der Waals surface area contributed by atoms with Crippen molar-refractivity contribution in [3.63, 3.8) is 0 Å². The third-order valence-corrected chi connectivity index (χ3v) is 5.67. The second-order valence-corrected chi connectivity index (χ2v) is 8.37. The largest absolute Gasteiger partial charge is 0.386 e. The lowest BCUT2D eigenvalue weighted by Gasteiger charge is -2.25. The van der Waals surface area contributed by atoms with Gasteiger partial charge in [0.2, 0.25) is 0 Å². The number of fused-ring (bicyclic) bond motifs is 1. The van der Waals surface area contributed by atoms with E-state index in [1.54, 1.807) is 13.8 Å². The van der Waals surface area contributed by atoms with Crippen molar-refractivity contribution in [3.8, 4) is 0 Å². The molecular weight excluding hydrogens is 382 g/mol. The van der Waals surface area contributed by atoms with Gasteiger partial charge in [0.1, 0.15) is 12.0 Å². The van der Waals surface area contributed by atoms with Crippen molar-refractivity contribution in [2.24, 2.45) is 5.92 Å². The van der Waals surface area contributed by atoms with Crippen molar-refractivity contribution in [1.29, 1.82) is 0 Å². The Morgan fingerprint density at radius 1 is 1.23 bits per heavy atom. The number of hydrogen-bond acceptors (Lipinski definition) is 6. The van der Waals surface area contributed by atoms with Gasteiger partial charge in [0.25, 0.3) is 5.91 Å². The van der Waals surface area contributed by atoms with Crippen LogP contribution in [0, 0.1) is 5.92 Å². The first-order valence-electron chi connectivity index (χ1n) is 10.1. The van der Waals surface area contributed by atoms with Crippen LogP contribution < -0.4 is 5.32 Å². The lowest BCUT2D eigenvalue weighted by molar-refractivity contribution is -0.112. The molecule has 0 spiro atoms. The van der Waals surface area contributed by atoms with Gasteiger partial charge in [0, 0.05) is 41.1 Å². The van der Waals surface area contributed by atoms with Crippen LogP contribution in [0.5, 0.6) is 0 Å². The topological polar surface area (TPSA) is 110 Å². The second-order valence-electron chi connectivity index (χ2n) is 8.37. The highest BCUT2D eigenvalue weighted by Gasteiger charge is 2.26. The third kappa shape index (κ3) is 4.09. The molecule has 1 amide bonds. The number of hydrogen-bond donors (Lipinski definition) is 2. The lowest BCUT2D eigenvalue weighted by Crippen LogP contribution is -2.21. The smallest absolute Gasteiger partial charge is 0.275 e. The summed E-state index contributed by atoms with van der Waals surface area (Å²) in [6.45, 7) is 3.34. The maximum atomic E-state index is 12.6. The summed E-state index contributed by atoms with van der Waals surface area (Å²) in [5.41, 5.74) is 0.853. The molecule has 0 radical (unpaired) electrons. The fraction of sp³-hybridized carbons (Fsp3) is 0.409. The Labute approximate surface area is 174 Å². The molecule has 30 heavy (non-hydrogen) atoms. The summed E-state index contributed by atoms with van der Waals surface area (Å²) in [4.78, 5) is 31.6. The van der Waals surface area contributed by atoms with Crippen molar-refractivity contribution in [2.75, 3.05) is 5.32 Å². The Kier molecular flexibility index (Phi) is 5.34. The third-order valence-electron chi connectivity index (χ3n) is 5.67. The molecule has 156 valence electrons. The van der Waals surface area contributed by atoms with Gasteiger partial charge in [-0.2, -0.15) is 5.10 Å². The van der Waals surface area contributed by atoms with E-state index in [2.05, 4.69) is 15.3 Å². The van der Waals surface area contributed by atoms with Gasteiger partial charge in [0.05, 0.1) is 23.4 Å². The van der Waals surface area contributed by atoms with Crippen LogP contribution in [0.1, 0.15) is 61.6 Å². The van der Waals surface area contributed by atoms with E-state index in [1.807, 2.05) is 23.0 Å². The van der Waals surface area contributed by atoms with Gasteiger partial charge in [-0.15, -0.1) is 0 Å². The molecule has 8 heteroatoms. The molecule has 1 aromatic carbocycles. The summed E-state index contributed by atoms with van der Waals surface area (Å²) in [6.07, 6.45) is 10.9. The minimum atomic E-state index is -1.18. The SMILES string of the molecule is CC(C)(O)c1cc2nn([C@H]3CC[C@H](C=O)CC3)cc2cc1NC(=O)c1cnccn1. The number of rotatable bonds is 5. The summed E-state index contributed by atoms with van der Waals surface area (Å²) >= 11 is 0. The molecule has 2 N–H and O–H groups in total. The van der Waals surface area contributed by atoms with Crippen LogP contribution in [-0.2, 0) is 10.4 Å². The van der Waals surface area contributed by atoms with E-state index in [0.29, 0.717) is 11.3 Å². The first-order valence-corrected chi connectivity index (χ1v) is 10.1. The van der Waals surface area contributed by atoms with Crippen LogP contribution in [0.15, 0.2) is 36.9 Å². The minimum absolute atomic E-state index is 0.149. The predicted octanol–water partition coefficient (Wildman–Crippen LogP) is 3.24. The van der Waals surface area contributed by atoms with Crippen LogP contribution in [0.25, 0.3) is 10.9 Å². The molecule has 1 fully saturated rings. The zero-order chi connectivity index (χ0) is 21.3. The van der Waals surface area contributed by atoms with Crippen LogP contribution in [0.3, 0.4) is 0 Å². The van der Waals surface area contributed by atoms with E-state index in [4.69, 9.17) is 5.10 Å². The van der Waals surface area contributed by atoms with Crippen LogP contribution in [0.2, 0.25) is 0 Å². The molecule has 8 nitrogen and oxygen atoms in total. The van der Waals surface area contributed by atoms with E-state index in [9.17, 15) is 14.7 Å². The lowest BCUT2D eigenvalue weighted by atomic mass is 9.87. The van der Waals surface area contributed by atoms with Crippen LogP contribution in [-0.4, -0.2) is 37.0 Å². The zero-order valence-corrected chi connectivity index (χ0v) is 17.1. The van der Waals surface area contributed by atoms with Crippen molar-refractivity contribution in [2.45, 2.75) is 51.2 Å². The number of anilines is 1. The molecule has 1 aliphatic rings. The Bertz CT molecular complexity index is 1060. The molecule has 0 bridgehead atoms. The Hall–Kier alpha value is -3.13. The highest BCUT2D eigenvalue weighted by molar-refractivity contribution is 6.04. The van der Waals surface area contributed by atoms with Gasteiger partial charge in [-0.05, 0) is 51.7 Å². The van der Waals surface area contributed by atoms with E-state index in [-0.39, 0.29) is 17.7 Å². The number of carbonyl (C=O) groups excluding carboxylic acids is 2. The summed E-state index contributed by atoms with van der Waals surface area (Å²) < 4.78 is 1.95. The monoisotopic (exact) mass is 407 g/mol. The van der Waals surface area contributed by atoms with Gasteiger partial charge in [-0.25, -0.2) is 4.98 Å². The normalized spacial score (nSPS) is 19.6. The minimum Gasteiger partial charge on any atom is -0.386 e. The molecule has 0 aliphatic heterocycles. The first-order chi connectivity index (χ1) is 14.3. The number of nitrogens with zero attached hydrogens (tertiary/aromatic N) is 4. The average molecular weight is 407 g/mol. The zero-order valence-electron chi connectivity index (χ0n) is 17.1. The average Bonchev–Trinajstić information content (AvgIpc) is 3.16. The second kappa shape index (κ2) is 7.95. The molecule has 0 unspecified atom stereocenters. The molecule has 3 aromatic rings. The molecule has 1 saturated carbocycles. The van der Waals surface area contributed by atoms with Gasteiger partial charge in [-0.1, -0.05) is 0 Å². The highest BCUT2D eigenvalue weighted by Crippen LogP contribution is 2.35. The van der Waals surface area contributed by atoms with Crippen molar-refractivity contribution >= 4 is 28.8 Å². The summed E-state index contributed by atoms with van der Waals surface area (Å²) in [7, 11) is 0. The van der Waals surface area contributed by atoms with Gasteiger partial charge in [0.15, 0.2) is 0 Å². The van der Waals surface area contributed by atoms with Gasteiger partial charge >= 0.3 is 0 Å². The van der Waals surface area contributed by atoms with E-state index < -0.39 is 11.5 Å². The maximum Gasteiger partial charge on any atom is 0.275 e. The Morgan fingerprint density at radius 2 is 2.00 bits per heavy atom. The van der Waals surface area contributed by atoms with Gasteiger partial charge in [-0.3, -0.25) is 14.5 Å². The van der Waals surface area contributed by atoms with E-state index in [1.165, 1.54) is 18.6 Å². The number of aldehydes is 1. The predicted molar refractivity (Wildman–Crippen MR) is 112 cm³/mol. The maximum absolute atomic E-state index is 12.6. The standard InChI is InChI=1S/C22H25N5O3/c1-22(2,30)17-10-18-15(9-19(17)25-21(29)20-11-23-7-8-24-20)12-27(26-18)16-5-3-14(13-28)4-6-16/h7-14,16,30H,3-6H2,1-2H3,(H,25,29)/t14-,16-. The molecule has 0 atom stereocenters. The first kappa shape index (κ1) is 20.2. The van der Waals surface area contributed by atoms with E-state index >= 15 is 0 Å². The number of nitrogens with one attached hydrogen (secondary N) is 1. The van der Waals surface area contributed by atoms with E-state index in [0.717, 1.165) is 42.9 Å². The fourth-order valence-corrected chi connectivity index (χ4v) is 3.99. The molecule has 0 saturated heterocycles. The fourth-order valence-electron chi connectivity index (χ4n) is 3.99. The Balaban J connectivity index is 1.67. The molecular formula is C22H25N5O3. The van der Waals surface area contributed by atoms with Crippen molar-refractivity contribution in [1.82, 2.24) is 19.7 Å². The quantitative estimate of drug-likeness (QED) is 0.628. The number of benzene rings is 1. The molecule has 2 aromatic heterocycles. The van der Waals surface area contributed by atoms with Crippen LogP contribution in [0.4, 0.5) is 5.69 Å². The highest BCUT2D eigenvalue weighted by atomic mass is 16.3. The summed E-state index contributed by atoms with van der Waals surface area (Å²) in [5, 5.41) is 19.1. The number of aliphatic hydroxyl groups is 1. The summed E-state index contributed by atoms with van der Waals surface area (Å²) in [6, 6.07) is 3.89. The molecule has 4 rings (SSSR count). The molecule has 1 aliphatic carbocycles. The number of carbonyl (C=O) groups is 2. The Morgan fingerprint density at radius 3 is 2.63 bits per heavy atom. The van der Waals surface area contributed by atoms with Crippen molar-refractivity contribution < 1.29 is 14.7 Å². The van der Waals surface area contributed by atoms with Crippen molar-refractivity contribution in [3.05, 3.63) is 48.2 Å². The number of aromatic nitrogens is 4. The van der Waals surface area contributed by atoms with Crippen LogP contribution >= 0.6 is 0 Å².